The molecule has 0 spiro atoms. The Morgan fingerprint density at radius 1 is 1.29 bits per heavy atom. The number of carboxylic acid groups (broad SMARTS) is 1. The number of amides is 3. The van der Waals surface area contributed by atoms with Gasteiger partial charge in [-0.05, 0) is 12.1 Å². The lowest BCUT2D eigenvalue weighted by atomic mass is 10.0. The van der Waals surface area contributed by atoms with Gasteiger partial charge in [0.05, 0.1) is 6.54 Å². The number of benzene rings is 1. The van der Waals surface area contributed by atoms with Crippen LogP contribution >= 0.6 is 0 Å². The molecule has 1 aromatic rings. The molecule has 11 heteroatoms. The van der Waals surface area contributed by atoms with Crippen molar-refractivity contribution in [2.24, 2.45) is 4.99 Å². The standard InChI is InChI=1S/C17H18F2N4O5/c1-9(24)20-8-12-14(21-16(25)28-12)10-2-3-11(18)15(13(10)19)22-4-6-23(7-5-22)17(26)27/h2-3,12H,4-8H2,1H3,(H,20,24)(H,26,27). The summed E-state index contributed by atoms with van der Waals surface area (Å²) in [6.45, 7) is 1.62. The van der Waals surface area contributed by atoms with Gasteiger partial charge in [-0.1, -0.05) is 0 Å². The van der Waals surface area contributed by atoms with Crippen molar-refractivity contribution in [1.82, 2.24) is 10.2 Å². The van der Waals surface area contributed by atoms with Crippen LogP contribution in [-0.2, 0) is 9.53 Å². The van der Waals surface area contributed by atoms with E-state index in [0.29, 0.717) is 0 Å². The molecule has 3 rings (SSSR count). The topological polar surface area (TPSA) is 112 Å². The molecule has 9 nitrogen and oxygen atoms in total. The molecule has 0 saturated carbocycles. The Bertz CT molecular complexity index is 852. The number of halogens is 2. The average molecular weight is 396 g/mol. The molecule has 1 aromatic carbocycles. The predicted octanol–water partition coefficient (Wildman–Crippen LogP) is 1.21. The minimum Gasteiger partial charge on any atom is -0.465 e. The number of anilines is 1. The van der Waals surface area contributed by atoms with Crippen LogP contribution in [0.4, 0.5) is 24.1 Å². The fourth-order valence-electron chi connectivity index (χ4n) is 3.13. The summed E-state index contributed by atoms with van der Waals surface area (Å²) in [6, 6.07) is 2.21. The van der Waals surface area contributed by atoms with Crippen LogP contribution in [0.15, 0.2) is 17.1 Å². The van der Waals surface area contributed by atoms with Gasteiger partial charge in [-0.3, -0.25) is 4.79 Å². The summed E-state index contributed by atoms with van der Waals surface area (Å²) in [5.74, 6) is -2.10. The van der Waals surface area contributed by atoms with Crippen LogP contribution in [0.2, 0.25) is 0 Å². The van der Waals surface area contributed by atoms with Crippen LogP contribution in [0, 0.1) is 11.6 Å². The van der Waals surface area contributed by atoms with Crippen molar-refractivity contribution in [3.05, 3.63) is 29.3 Å². The van der Waals surface area contributed by atoms with E-state index in [1.807, 2.05) is 0 Å². The molecule has 0 aliphatic carbocycles. The van der Waals surface area contributed by atoms with Gasteiger partial charge in [0, 0.05) is 38.7 Å². The highest BCUT2D eigenvalue weighted by Gasteiger charge is 2.34. The second-order valence-electron chi connectivity index (χ2n) is 6.32. The van der Waals surface area contributed by atoms with Crippen molar-refractivity contribution in [2.45, 2.75) is 13.0 Å². The van der Waals surface area contributed by atoms with Gasteiger partial charge < -0.3 is 25.0 Å². The normalized spacial score (nSPS) is 19.3. The minimum absolute atomic E-state index is 0.0401. The summed E-state index contributed by atoms with van der Waals surface area (Å²) in [6.07, 6.45) is -3.01. The second-order valence-corrected chi connectivity index (χ2v) is 6.32. The number of nitrogens with zero attached hydrogens (tertiary/aromatic N) is 3. The lowest BCUT2D eigenvalue weighted by Gasteiger charge is -2.35. The smallest absolute Gasteiger partial charge is 0.434 e. The molecule has 2 heterocycles. The highest BCUT2D eigenvalue weighted by Crippen LogP contribution is 2.29. The average Bonchev–Trinajstić information content (AvgIpc) is 3.01. The monoisotopic (exact) mass is 396 g/mol. The van der Waals surface area contributed by atoms with E-state index in [0.717, 1.165) is 17.0 Å². The molecule has 1 atom stereocenters. The van der Waals surface area contributed by atoms with E-state index in [1.165, 1.54) is 11.8 Å². The molecule has 0 aromatic heterocycles. The van der Waals surface area contributed by atoms with Crippen molar-refractivity contribution in [3.63, 3.8) is 0 Å². The molecule has 1 unspecified atom stereocenters. The quantitative estimate of drug-likeness (QED) is 0.791. The Hall–Kier alpha value is -3.24. The van der Waals surface area contributed by atoms with Gasteiger partial charge in [0.15, 0.2) is 11.9 Å². The zero-order valence-corrected chi connectivity index (χ0v) is 14.9. The van der Waals surface area contributed by atoms with Crippen molar-refractivity contribution in [1.29, 1.82) is 0 Å². The Kier molecular flexibility index (Phi) is 5.43. The third-order valence-corrected chi connectivity index (χ3v) is 4.51. The Labute approximate surface area is 158 Å². The molecule has 2 aliphatic heterocycles. The van der Waals surface area contributed by atoms with E-state index in [1.54, 1.807) is 0 Å². The zero-order chi connectivity index (χ0) is 20.4. The van der Waals surface area contributed by atoms with E-state index < -0.39 is 29.9 Å². The van der Waals surface area contributed by atoms with E-state index >= 15 is 4.39 Å². The van der Waals surface area contributed by atoms with Gasteiger partial charge in [-0.15, -0.1) is 0 Å². The minimum atomic E-state index is -1.09. The van der Waals surface area contributed by atoms with Gasteiger partial charge >= 0.3 is 12.2 Å². The number of hydrogen-bond donors (Lipinski definition) is 2. The number of ether oxygens (including phenoxy) is 1. The van der Waals surface area contributed by atoms with Crippen LogP contribution in [0.1, 0.15) is 12.5 Å². The third-order valence-electron chi connectivity index (χ3n) is 4.51. The van der Waals surface area contributed by atoms with Crippen LogP contribution in [-0.4, -0.2) is 72.6 Å². The van der Waals surface area contributed by atoms with Crippen LogP contribution in [0.3, 0.4) is 0 Å². The molecule has 28 heavy (non-hydrogen) atoms. The van der Waals surface area contributed by atoms with Gasteiger partial charge in [0.25, 0.3) is 0 Å². The van der Waals surface area contributed by atoms with Gasteiger partial charge in [0.2, 0.25) is 5.91 Å². The molecule has 1 saturated heterocycles. The highest BCUT2D eigenvalue weighted by molar-refractivity contribution is 6.12. The van der Waals surface area contributed by atoms with Crippen molar-refractivity contribution in [2.75, 3.05) is 37.6 Å². The number of nitrogens with one attached hydrogen (secondary N) is 1. The first-order valence-corrected chi connectivity index (χ1v) is 8.52. The third kappa shape index (κ3) is 3.87. The summed E-state index contributed by atoms with van der Waals surface area (Å²) in [7, 11) is 0. The first-order valence-electron chi connectivity index (χ1n) is 8.52. The maximum atomic E-state index is 15.2. The van der Waals surface area contributed by atoms with Crippen LogP contribution in [0.25, 0.3) is 0 Å². The molecular formula is C17H18F2N4O5. The summed E-state index contributed by atoms with van der Waals surface area (Å²) >= 11 is 0. The molecule has 0 bridgehead atoms. The number of carbonyl (C=O) groups is 3. The number of carbonyl (C=O) groups excluding carboxylic acids is 2. The van der Waals surface area contributed by atoms with E-state index in [2.05, 4.69) is 10.3 Å². The molecule has 2 N–H and O–H groups in total. The highest BCUT2D eigenvalue weighted by atomic mass is 19.1. The summed E-state index contributed by atoms with van der Waals surface area (Å²) in [4.78, 5) is 39.9. The van der Waals surface area contributed by atoms with Crippen molar-refractivity contribution < 1.29 is 33.0 Å². The van der Waals surface area contributed by atoms with Crippen LogP contribution in [0.5, 0.6) is 0 Å². The summed E-state index contributed by atoms with van der Waals surface area (Å²) in [5, 5.41) is 11.5. The van der Waals surface area contributed by atoms with E-state index in [4.69, 9.17) is 9.84 Å². The molecular weight excluding hydrogens is 378 g/mol. The Balaban J connectivity index is 1.88. The first kappa shape index (κ1) is 19.5. The maximum absolute atomic E-state index is 15.2. The second kappa shape index (κ2) is 7.79. The summed E-state index contributed by atoms with van der Waals surface area (Å²) < 4.78 is 34.5. The lowest BCUT2D eigenvalue weighted by molar-refractivity contribution is -0.119. The Morgan fingerprint density at radius 2 is 1.96 bits per heavy atom. The van der Waals surface area contributed by atoms with Gasteiger partial charge in [-0.25, -0.2) is 18.4 Å². The largest absolute Gasteiger partial charge is 0.465 e. The van der Waals surface area contributed by atoms with Gasteiger partial charge in [0.1, 0.15) is 17.2 Å². The number of cyclic esters (lactones) is 1. The molecule has 1 fully saturated rings. The number of aliphatic imine (C=N–C) groups is 1. The SMILES string of the molecule is CC(=O)NCC1OC(=O)N=C1c1ccc(F)c(N2CCN(C(=O)O)CC2)c1F. The van der Waals surface area contributed by atoms with Crippen molar-refractivity contribution >= 4 is 29.5 Å². The van der Waals surface area contributed by atoms with Gasteiger partial charge in [-0.2, -0.15) is 4.99 Å². The van der Waals surface area contributed by atoms with Crippen molar-refractivity contribution in [3.8, 4) is 0 Å². The first-order chi connectivity index (χ1) is 13.3. The maximum Gasteiger partial charge on any atom is 0.434 e. The molecule has 2 aliphatic rings. The lowest BCUT2D eigenvalue weighted by Crippen LogP contribution is -2.49. The number of rotatable bonds is 4. The molecule has 150 valence electrons. The number of piperazine rings is 1. The van der Waals surface area contributed by atoms with Crippen LogP contribution < -0.4 is 10.2 Å². The fourth-order valence-corrected chi connectivity index (χ4v) is 3.13. The zero-order valence-electron chi connectivity index (χ0n) is 14.9. The molecule has 0 radical (unpaired) electrons. The Morgan fingerprint density at radius 3 is 2.57 bits per heavy atom. The number of hydrogen-bond acceptors (Lipinski definition) is 5. The van der Waals surface area contributed by atoms with E-state index in [9.17, 15) is 18.8 Å². The summed E-state index contributed by atoms with van der Waals surface area (Å²) in [5.41, 5.74) is -0.470. The predicted molar refractivity (Wildman–Crippen MR) is 93.7 cm³/mol. The fraction of sp³-hybridized carbons (Fsp3) is 0.412. The molecule has 3 amide bonds. The van der Waals surface area contributed by atoms with E-state index in [-0.39, 0.29) is 55.6 Å².